The fourth-order valence-corrected chi connectivity index (χ4v) is 1.65. The number of hydrogen-bond donors (Lipinski definition) is 1. The summed E-state index contributed by atoms with van der Waals surface area (Å²) in [6.07, 6.45) is 3.76. The van der Waals surface area contributed by atoms with Crippen molar-refractivity contribution in [1.29, 1.82) is 0 Å². The summed E-state index contributed by atoms with van der Waals surface area (Å²) in [5.41, 5.74) is 0.790. The van der Waals surface area contributed by atoms with Crippen molar-refractivity contribution in [1.82, 2.24) is 9.97 Å². The Morgan fingerprint density at radius 1 is 1.50 bits per heavy atom. The lowest BCUT2D eigenvalue weighted by molar-refractivity contribution is 0.0988. The molecule has 18 heavy (non-hydrogen) atoms. The van der Waals surface area contributed by atoms with Gasteiger partial charge in [0.25, 0.3) is 5.56 Å². The summed E-state index contributed by atoms with van der Waals surface area (Å²) in [7, 11) is 0. The van der Waals surface area contributed by atoms with E-state index in [0.29, 0.717) is 5.56 Å². The number of nitrogens with zero attached hydrogens (tertiary/aromatic N) is 1. The second kappa shape index (κ2) is 4.91. The number of aromatic amines is 1. The molecule has 2 aromatic heterocycles. The zero-order valence-corrected chi connectivity index (χ0v) is 9.74. The second-order valence-electron chi connectivity index (χ2n) is 3.99. The van der Waals surface area contributed by atoms with Crippen LogP contribution in [0.25, 0.3) is 0 Å². The Morgan fingerprint density at radius 3 is 3.00 bits per heavy atom. The van der Waals surface area contributed by atoms with Crippen molar-refractivity contribution in [3.63, 3.8) is 0 Å². The first-order valence-electron chi connectivity index (χ1n) is 5.39. The molecule has 0 aliphatic carbocycles. The average Bonchev–Trinajstić information content (AvgIpc) is 2.34. The number of ketones is 1. The van der Waals surface area contributed by atoms with E-state index < -0.39 is 11.6 Å². The van der Waals surface area contributed by atoms with Crippen LogP contribution in [-0.2, 0) is 6.42 Å². The van der Waals surface area contributed by atoms with Gasteiger partial charge in [0.05, 0.1) is 11.8 Å². The minimum Gasteiger partial charge on any atom is -0.329 e. The molecule has 0 saturated carbocycles. The molecular weight excluding hydrogens is 235 g/mol. The Bertz CT molecular complexity index is 649. The van der Waals surface area contributed by atoms with Gasteiger partial charge in [-0.05, 0) is 24.6 Å². The molecule has 0 aliphatic rings. The van der Waals surface area contributed by atoms with Crippen molar-refractivity contribution in [3.8, 4) is 0 Å². The van der Waals surface area contributed by atoms with Crippen LogP contribution in [0.2, 0.25) is 0 Å². The molecule has 1 N–H and O–H groups in total. The van der Waals surface area contributed by atoms with E-state index in [1.165, 1.54) is 12.3 Å². The first-order chi connectivity index (χ1) is 8.58. The molecule has 0 fully saturated rings. The van der Waals surface area contributed by atoms with Gasteiger partial charge in [-0.25, -0.2) is 4.39 Å². The largest absolute Gasteiger partial charge is 0.329 e. The van der Waals surface area contributed by atoms with Crippen LogP contribution in [0.3, 0.4) is 0 Å². The van der Waals surface area contributed by atoms with E-state index in [9.17, 15) is 14.0 Å². The summed E-state index contributed by atoms with van der Waals surface area (Å²) in [5, 5.41) is 0. The number of pyridine rings is 2. The number of carbonyl (C=O) groups is 1. The SMILES string of the molecule is Cc1c[nH]c(=O)c(CC(=O)c2ccncc2F)c1. The topological polar surface area (TPSA) is 62.8 Å². The van der Waals surface area contributed by atoms with Crippen LogP contribution in [0.15, 0.2) is 35.5 Å². The molecule has 0 aliphatic heterocycles. The minimum atomic E-state index is -0.674. The minimum absolute atomic E-state index is 0.0501. The molecule has 92 valence electrons. The monoisotopic (exact) mass is 246 g/mol. The van der Waals surface area contributed by atoms with Gasteiger partial charge in [-0.15, -0.1) is 0 Å². The third kappa shape index (κ3) is 2.51. The van der Waals surface area contributed by atoms with Gasteiger partial charge in [-0.2, -0.15) is 0 Å². The number of nitrogens with one attached hydrogen (secondary N) is 1. The van der Waals surface area contributed by atoms with Gasteiger partial charge in [-0.1, -0.05) is 0 Å². The van der Waals surface area contributed by atoms with E-state index >= 15 is 0 Å². The van der Waals surface area contributed by atoms with Crippen molar-refractivity contribution < 1.29 is 9.18 Å². The molecule has 0 aromatic carbocycles. The molecule has 0 unspecified atom stereocenters. The zero-order valence-electron chi connectivity index (χ0n) is 9.74. The van der Waals surface area contributed by atoms with Gasteiger partial charge in [0.15, 0.2) is 11.6 Å². The highest BCUT2D eigenvalue weighted by atomic mass is 19.1. The summed E-state index contributed by atoms with van der Waals surface area (Å²) < 4.78 is 13.4. The van der Waals surface area contributed by atoms with Gasteiger partial charge in [0, 0.05) is 24.4 Å². The molecule has 0 atom stereocenters. The Hall–Kier alpha value is -2.30. The van der Waals surface area contributed by atoms with E-state index in [-0.39, 0.29) is 17.5 Å². The van der Waals surface area contributed by atoms with E-state index in [0.717, 1.165) is 11.8 Å². The Balaban J connectivity index is 2.30. The first kappa shape index (κ1) is 12.2. The second-order valence-corrected chi connectivity index (χ2v) is 3.99. The molecule has 0 bridgehead atoms. The fraction of sp³-hybridized carbons (Fsp3) is 0.154. The summed E-state index contributed by atoms with van der Waals surface area (Å²) in [6, 6.07) is 2.93. The van der Waals surface area contributed by atoms with Gasteiger partial charge < -0.3 is 4.98 Å². The summed E-state index contributed by atoms with van der Waals surface area (Å²) in [5.74, 6) is -1.11. The molecule has 0 saturated heterocycles. The van der Waals surface area contributed by atoms with Crippen LogP contribution in [0.4, 0.5) is 4.39 Å². The zero-order chi connectivity index (χ0) is 13.1. The van der Waals surface area contributed by atoms with Crippen LogP contribution in [0.5, 0.6) is 0 Å². The molecule has 2 heterocycles. The highest BCUT2D eigenvalue weighted by Gasteiger charge is 2.13. The quantitative estimate of drug-likeness (QED) is 0.837. The van der Waals surface area contributed by atoms with Gasteiger partial charge in [0.1, 0.15) is 0 Å². The van der Waals surface area contributed by atoms with Crippen LogP contribution in [0.1, 0.15) is 21.5 Å². The Kier molecular flexibility index (Phi) is 3.32. The van der Waals surface area contributed by atoms with E-state index in [4.69, 9.17) is 0 Å². The number of rotatable bonds is 3. The lowest BCUT2D eigenvalue weighted by Gasteiger charge is -2.02. The predicted octanol–water partition coefficient (Wildman–Crippen LogP) is 1.64. The number of Topliss-reactive ketones (excluding diaryl/α,β-unsaturated/α-hetero) is 1. The maximum Gasteiger partial charge on any atom is 0.251 e. The lowest BCUT2D eigenvalue weighted by atomic mass is 10.0. The number of carbonyl (C=O) groups excluding carboxylic acids is 1. The molecule has 5 heteroatoms. The average molecular weight is 246 g/mol. The van der Waals surface area contributed by atoms with E-state index in [2.05, 4.69) is 9.97 Å². The maximum atomic E-state index is 13.4. The molecule has 2 aromatic rings. The standard InChI is InChI=1S/C13H11FN2O2/c1-8-4-9(13(18)16-6-8)5-12(17)10-2-3-15-7-11(10)14/h2-4,6-7H,5H2,1H3,(H,16,18). The summed E-state index contributed by atoms with van der Waals surface area (Å²) in [6.45, 7) is 1.80. The van der Waals surface area contributed by atoms with Crippen LogP contribution >= 0.6 is 0 Å². The molecule has 0 amide bonds. The van der Waals surface area contributed by atoms with Crippen molar-refractivity contribution >= 4 is 5.78 Å². The van der Waals surface area contributed by atoms with Crippen LogP contribution < -0.4 is 5.56 Å². The Morgan fingerprint density at radius 2 is 2.28 bits per heavy atom. The normalized spacial score (nSPS) is 10.3. The highest BCUT2D eigenvalue weighted by Crippen LogP contribution is 2.09. The molecule has 4 nitrogen and oxygen atoms in total. The van der Waals surface area contributed by atoms with Crippen molar-refractivity contribution in [2.45, 2.75) is 13.3 Å². The lowest BCUT2D eigenvalue weighted by Crippen LogP contribution is -2.17. The maximum absolute atomic E-state index is 13.4. The molecular formula is C13H11FN2O2. The smallest absolute Gasteiger partial charge is 0.251 e. The summed E-state index contributed by atoms with van der Waals surface area (Å²) in [4.78, 5) is 29.5. The van der Waals surface area contributed by atoms with Crippen molar-refractivity contribution in [2.24, 2.45) is 0 Å². The van der Waals surface area contributed by atoms with Crippen molar-refractivity contribution in [2.75, 3.05) is 0 Å². The van der Waals surface area contributed by atoms with Crippen LogP contribution in [0, 0.1) is 12.7 Å². The van der Waals surface area contributed by atoms with Crippen molar-refractivity contribution in [3.05, 3.63) is 63.6 Å². The summed E-state index contributed by atoms with van der Waals surface area (Å²) >= 11 is 0. The molecule has 0 radical (unpaired) electrons. The first-order valence-corrected chi connectivity index (χ1v) is 5.39. The third-order valence-corrected chi connectivity index (χ3v) is 2.55. The molecule has 2 rings (SSSR count). The van der Waals surface area contributed by atoms with Gasteiger partial charge in [0.2, 0.25) is 0 Å². The molecule has 0 spiro atoms. The van der Waals surface area contributed by atoms with E-state index in [1.54, 1.807) is 19.2 Å². The van der Waals surface area contributed by atoms with E-state index in [1.807, 2.05) is 0 Å². The van der Waals surface area contributed by atoms with Gasteiger partial charge >= 0.3 is 0 Å². The predicted molar refractivity (Wildman–Crippen MR) is 64.0 cm³/mol. The number of hydrogen-bond acceptors (Lipinski definition) is 3. The highest BCUT2D eigenvalue weighted by molar-refractivity contribution is 5.97. The number of H-pyrrole nitrogens is 1. The number of halogens is 1. The number of aromatic nitrogens is 2. The fourth-order valence-electron chi connectivity index (χ4n) is 1.65. The third-order valence-electron chi connectivity index (χ3n) is 2.55. The number of aryl methyl sites for hydroxylation is 1. The van der Waals surface area contributed by atoms with Crippen LogP contribution in [-0.4, -0.2) is 15.8 Å². The Labute approximate surface area is 103 Å². The van der Waals surface area contributed by atoms with Gasteiger partial charge in [-0.3, -0.25) is 14.6 Å².